The van der Waals surface area contributed by atoms with Crippen LogP contribution in [0.3, 0.4) is 0 Å². The standard InChI is InChI=1S/C14H17BrClNO2/c1-9-3-4-11(16)5-13(9)14(18)17-7-12(6-15)19-8-10(17)2/h3-5,10,12H,6-8H2,1-2H3. The molecule has 1 aliphatic heterocycles. The molecule has 0 bridgehead atoms. The predicted molar refractivity (Wildman–Crippen MR) is 80.2 cm³/mol. The largest absolute Gasteiger partial charge is 0.373 e. The SMILES string of the molecule is Cc1ccc(Cl)cc1C(=O)N1CC(CBr)OCC1C. The van der Waals surface area contributed by atoms with Crippen LogP contribution in [0.4, 0.5) is 0 Å². The number of alkyl halides is 1. The molecule has 5 heteroatoms. The van der Waals surface area contributed by atoms with Crippen molar-refractivity contribution < 1.29 is 9.53 Å². The van der Waals surface area contributed by atoms with E-state index >= 15 is 0 Å². The van der Waals surface area contributed by atoms with Crippen molar-refractivity contribution in [2.45, 2.75) is 26.0 Å². The fraction of sp³-hybridized carbons (Fsp3) is 0.500. The van der Waals surface area contributed by atoms with Crippen LogP contribution in [0.15, 0.2) is 18.2 Å². The summed E-state index contributed by atoms with van der Waals surface area (Å²) >= 11 is 9.39. The molecule has 1 aliphatic rings. The van der Waals surface area contributed by atoms with Crippen LogP contribution in [0.25, 0.3) is 0 Å². The smallest absolute Gasteiger partial charge is 0.254 e. The minimum absolute atomic E-state index is 0.0294. The first-order valence-electron chi connectivity index (χ1n) is 6.27. The third-order valence-corrected chi connectivity index (χ3v) is 4.33. The van der Waals surface area contributed by atoms with Gasteiger partial charge in [-0.15, -0.1) is 0 Å². The van der Waals surface area contributed by atoms with E-state index in [1.54, 1.807) is 12.1 Å². The van der Waals surface area contributed by atoms with Crippen LogP contribution in [-0.4, -0.2) is 41.4 Å². The van der Waals surface area contributed by atoms with Crippen LogP contribution in [-0.2, 0) is 4.74 Å². The van der Waals surface area contributed by atoms with Crippen molar-refractivity contribution >= 4 is 33.4 Å². The van der Waals surface area contributed by atoms with Gasteiger partial charge in [0.1, 0.15) is 0 Å². The number of halogens is 2. The Labute approximate surface area is 127 Å². The molecule has 2 rings (SSSR count). The zero-order valence-corrected chi connectivity index (χ0v) is 13.4. The van der Waals surface area contributed by atoms with Gasteiger partial charge in [0.05, 0.1) is 18.8 Å². The number of rotatable bonds is 2. The van der Waals surface area contributed by atoms with Crippen molar-refractivity contribution in [3.05, 3.63) is 34.3 Å². The maximum absolute atomic E-state index is 12.6. The minimum Gasteiger partial charge on any atom is -0.373 e. The van der Waals surface area contributed by atoms with E-state index < -0.39 is 0 Å². The average Bonchev–Trinajstić information content (AvgIpc) is 2.41. The van der Waals surface area contributed by atoms with Crippen molar-refractivity contribution in [3.8, 4) is 0 Å². The first-order chi connectivity index (χ1) is 9.02. The maximum atomic E-state index is 12.6. The first-order valence-corrected chi connectivity index (χ1v) is 7.77. The number of ether oxygens (including phenoxy) is 1. The Balaban J connectivity index is 2.24. The molecule has 0 saturated carbocycles. The highest BCUT2D eigenvalue weighted by Crippen LogP contribution is 2.21. The summed E-state index contributed by atoms with van der Waals surface area (Å²) in [7, 11) is 0. The number of hydrogen-bond donors (Lipinski definition) is 0. The molecule has 0 N–H and O–H groups in total. The lowest BCUT2D eigenvalue weighted by Gasteiger charge is -2.37. The molecule has 1 aromatic carbocycles. The molecule has 0 radical (unpaired) electrons. The number of aryl methyl sites for hydroxylation is 1. The lowest BCUT2D eigenvalue weighted by atomic mass is 10.1. The number of benzene rings is 1. The quantitative estimate of drug-likeness (QED) is 0.769. The minimum atomic E-state index is 0.0294. The second-order valence-electron chi connectivity index (χ2n) is 4.88. The number of carbonyl (C=O) groups excluding carboxylic acids is 1. The van der Waals surface area contributed by atoms with Crippen molar-refractivity contribution in [2.24, 2.45) is 0 Å². The zero-order chi connectivity index (χ0) is 14.0. The lowest BCUT2D eigenvalue weighted by molar-refractivity contribution is -0.0361. The van der Waals surface area contributed by atoms with Gasteiger partial charge >= 0.3 is 0 Å². The van der Waals surface area contributed by atoms with Gasteiger partial charge in [-0.2, -0.15) is 0 Å². The highest BCUT2D eigenvalue weighted by Gasteiger charge is 2.30. The Hall–Kier alpha value is -0.580. The number of morpholine rings is 1. The molecule has 2 unspecified atom stereocenters. The molecule has 1 saturated heterocycles. The van der Waals surface area contributed by atoms with Crippen LogP contribution < -0.4 is 0 Å². The summed E-state index contributed by atoms with van der Waals surface area (Å²) in [5, 5.41) is 1.32. The van der Waals surface area contributed by atoms with E-state index in [9.17, 15) is 4.79 Å². The number of amides is 1. The molecular weight excluding hydrogens is 330 g/mol. The van der Waals surface area contributed by atoms with Crippen molar-refractivity contribution in [1.82, 2.24) is 4.90 Å². The van der Waals surface area contributed by atoms with Crippen molar-refractivity contribution in [2.75, 3.05) is 18.5 Å². The molecule has 1 aromatic rings. The maximum Gasteiger partial charge on any atom is 0.254 e. The zero-order valence-electron chi connectivity index (χ0n) is 11.0. The molecule has 1 fully saturated rings. The van der Waals surface area contributed by atoms with Gasteiger partial charge in [0, 0.05) is 22.5 Å². The van der Waals surface area contributed by atoms with E-state index in [1.807, 2.05) is 24.8 Å². The Bertz CT molecular complexity index is 481. The van der Waals surface area contributed by atoms with Gasteiger partial charge in [0.15, 0.2) is 0 Å². The van der Waals surface area contributed by atoms with Crippen molar-refractivity contribution in [3.63, 3.8) is 0 Å². The van der Waals surface area contributed by atoms with Gasteiger partial charge in [0.25, 0.3) is 5.91 Å². The van der Waals surface area contributed by atoms with E-state index in [0.717, 1.165) is 10.9 Å². The summed E-state index contributed by atoms with van der Waals surface area (Å²) < 4.78 is 5.64. The molecule has 104 valence electrons. The van der Waals surface area contributed by atoms with Gasteiger partial charge in [0.2, 0.25) is 0 Å². The van der Waals surface area contributed by atoms with E-state index in [2.05, 4.69) is 15.9 Å². The highest BCUT2D eigenvalue weighted by molar-refractivity contribution is 9.09. The van der Waals surface area contributed by atoms with Gasteiger partial charge in [-0.05, 0) is 31.5 Å². The predicted octanol–water partition coefficient (Wildman–Crippen LogP) is 3.27. The normalized spacial score (nSPS) is 23.5. The van der Waals surface area contributed by atoms with Gasteiger partial charge in [-0.3, -0.25) is 4.79 Å². The third kappa shape index (κ3) is 3.30. The summed E-state index contributed by atoms with van der Waals surface area (Å²) in [4.78, 5) is 14.5. The van der Waals surface area contributed by atoms with E-state index in [4.69, 9.17) is 16.3 Å². The molecular formula is C14H17BrClNO2. The van der Waals surface area contributed by atoms with Gasteiger partial charge in [-0.25, -0.2) is 0 Å². The Kier molecular flexibility index (Phi) is 4.87. The van der Waals surface area contributed by atoms with E-state index in [1.165, 1.54) is 0 Å². The second-order valence-corrected chi connectivity index (χ2v) is 5.96. The average molecular weight is 347 g/mol. The van der Waals surface area contributed by atoms with Crippen LogP contribution in [0.5, 0.6) is 0 Å². The topological polar surface area (TPSA) is 29.5 Å². The first kappa shape index (κ1) is 14.8. The summed E-state index contributed by atoms with van der Waals surface area (Å²) in [5.74, 6) is 0.0294. The van der Waals surface area contributed by atoms with Gasteiger partial charge in [-0.1, -0.05) is 33.6 Å². The summed E-state index contributed by atoms with van der Waals surface area (Å²) in [6, 6.07) is 5.51. The molecule has 19 heavy (non-hydrogen) atoms. The molecule has 1 amide bonds. The summed E-state index contributed by atoms with van der Waals surface area (Å²) in [6.07, 6.45) is 0.0552. The van der Waals surface area contributed by atoms with Crippen LogP contribution in [0.1, 0.15) is 22.8 Å². The van der Waals surface area contributed by atoms with Gasteiger partial charge < -0.3 is 9.64 Å². The van der Waals surface area contributed by atoms with Crippen molar-refractivity contribution in [1.29, 1.82) is 0 Å². The monoisotopic (exact) mass is 345 g/mol. The highest BCUT2D eigenvalue weighted by atomic mass is 79.9. The van der Waals surface area contributed by atoms with Crippen LogP contribution in [0, 0.1) is 6.92 Å². The van der Waals surface area contributed by atoms with E-state index in [0.29, 0.717) is 23.7 Å². The number of nitrogens with zero attached hydrogens (tertiary/aromatic N) is 1. The fourth-order valence-corrected chi connectivity index (χ4v) is 2.74. The molecule has 2 atom stereocenters. The summed E-state index contributed by atoms with van der Waals surface area (Å²) in [5.41, 5.74) is 1.62. The van der Waals surface area contributed by atoms with Crippen LogP contribution >= 0.6 is 27.5 Å². The molecule has 1 heterocycles. The third-order valence-electron chi connectivity index (χ3n) is 3.37. The second kappa shape index (κ2) is 6.25. The number of hydrogen-bond acceptors (Lipinski definition) is 2. The molecule has 0 aliphatic carbocycles. The Morgan fingerprint density at radius 2 is 2.32 bits per heavy atom. The Morgan fingerprint density at radius 3 is 3.00 bits per heavy atom. The lowest BCUT2D eigenvalue weighted by Crippen LogP contribution is -2.51. The molecule has 0 spiro atoms. The number of carbonyl (C=O) groups is 1. The molecule has 0 aromatic heterocycles. The van der Waals surface area contributed by atoms with Crippen LogP contribution in [0.2, 0.25) is 5.02 Å². The molecule has 3 nitrogen and oxygen atoms in total. The fourth-order valence-electron chi connectivity index (χ4n) is 2.17. The summed E-state index contributed by atoms with van der Waals surface area (Å²) in [6.45, 7) is 5.11. The Morgan fingerprint density at radius 1 is 1.58 bits per heavy atom. The van der Waals surface area contributed by atoms with E-state index in [-0.39, 0.29) is 18.1 Å².